The van der Waals surface area contributed by atoms with E-state index in [0.717, 1.165) is 23.4 Å². The molecule has 5 heteroatoms. The lowest BCUT2D eigenvalue weighted by Gasteiger charge is -2.22. The summed E-state index contributed by atoms with van der Waals surface area (Å²) < 4.78 is 1.82. The third kappa shape index (κ3) is 3.10. The van der Waals surface area contributed by atoms with Crippen molar-refractivity contribution in [1.82, 2.24) is 15.1 Å². The van der Waals surface area contributed by atoms with E-state index < -0.39 is 5.54 Å². The van der Waals surface area contributed by atoms with Crippen molar-refractivity contribution in [3.05, 3.63) is 17.0 Å². The van der Waals surface area contributed by atoms with Crippen LogP contribution in [0.15, 0.2) is 0 Å². The Morgan fingerprint density at radius 2 is 2.11 bits per heavy atom. The van der Waals surface area contributed by atoms with E-state index in [4.69, 9.17) is 5.73 Å². The molecule has 1 aromatic heterocycles. The molecule has 0 saturated heterocycles. The molecule has 18 heavy (non-hydrogen) atoms. The van der Waals surface area contributed by atoms with E-state index in [-0.39, 0.29) is 5.91 Å². The van der Waals surface area contributed by atoms with Gasteiger partial charge in [0.2, 0.25) is 5.91 Å². The van der Waals surface area contributed by atoms with E-state index in [2.05, 4.69) is 10.4 Å². The van der Waals surface area contributed by atoms with Crippen LogP contribution in [0.1, 0.15) is 43.6 Å². The topological polar surface area (TPSA) is 72.9 Å². The Labute approximate surface area is 109 Å². The second-order valence-corrected chi connectivity index (χ2v) is 5.12. The molecule has 1 unspecified atom stereocenters. The van der Waals surface area contributed by atoms with Crippen LogP contribution in [0.4, 0.5) is 0 Å². The van der Waals surface area contributed by atoms with Gasteiger partial charge in [0.25, 0.3) is 0 Å². The summed E-state index contributed by atoms with van der Waals surface area (Å²) in [5, 5.41) is 7.22. The van der Waals surface area contributed by atoms with Gasteiger partial charge in [0, 0.05) is 24.8 Å². The molecule has 1 atom stereocenters. The van der Waals surface area contributed by atoms with Gasteiger partial charge in [-0.3, -0.25) is 9.48 Å². The van der Waals surface area contributed by atoms with Crippen molar-refractivity contribution in [3.63, 3.8) is 0 Å². The summed E-state index contributed by atoms with van der Waals surface area (Å²) in [6.45, 7) is 8.22. The number of nitrogens with two attached hydrogens (primary N) is 1. The summed E-state index contributed by atoms with van der Waals surface area (Å²) in [6, 6.07) is 0. The monoisotopic (exact) mass is 252 g/mol. The van der Waals surface area contributed by atoms with Crippen LogP contribution in [-0.2, 0) is 18.4 Å². The van der Waals surface area contributed by atoms with Crippen LogP contribution in [0, 0.1) is 13.8 Å². The number of hydrogen-bond donors (Lipinski definition) is 2. The van der Waals surface area contributed by atoms with E-state index in [1.807, 2.05) is 32.5 Å². The maximum Gasteiger partial charge on any atom is 0.240 e. The van der Waals surface area contributed by atoms with Crippen molar-refractivity contribution in [2.75, 3.05) is 0 Å². The largest absolute Gasteiger partial charge is 0.350 e. The Bertz CT molecular complexity index is 434. The van der Waals surface area contributed by atoms with Gasteiger partial charge in [0.05, 0.1) is 11.2 Å². The van der Waals surface area contributed by atoms with Crippen LogP contribution in [0.3, 0.4) is 0 Å². The molecule has 0 bridgehead atoms. The van der Waals surface area contributed by atoms with Gasteiger partial charge in [-0.1, -0.05) is 13.3 Å². The molecule has 0 aromatic carbocycles. The van der Waals surface area contributed by atoms with Crippen molar-refractivity contribution in [1.29, 1.82) is 0 Å². The standard InChI is InChI=1S/C13H24N4O/c1-6-7-13(4,14)12(18)15-8-11-9(2)16-17(5)10(11)3/h6-8,14H2,1-5H3,(H,15,18). The number of aryl methyl sites for hydroxylation is 2. The van der Waals surface area contributed by atoms with Crippen molar-refractivity contribution in [3.8, 4) is 0 Å². The van der Waals surface area contributed by atoms with Gasteiger partial charge in [0.1, 0.15) is 0 Å². The lowest BCUT2D eigenvalue weighted by atomic mass is 9.96. The van der Waals surface area contributed by atoms with Crippen molar-refractivity contribution >= 4 is 5.91 Å². The highest BCUT2D eigenvalue weighted by Crippen LogP contribution is 2.13. The SMILES string of the molecule is CCCC(C)(N)C(=O)NCc1c(C)nn(C)c1C. The maximum absolute atomic E-state index is 12.0. The second kappa shape index (κ2) is 5.52. The van der Waals surface area contributed by atoms with Gasteiger partial charge in [-0.25, -0.2) is 0 Å². The maximum atomic E-state index is 12.0. The summed E-state index contributed by atoms with van der Waals surface area (Å²) >= 11 is 0. The third-order valence-electron chi connectivity index (χ3n) is 3.37. The van der Waals surface area contributed by atoms with Crippen LogP contribution in [0.25, 0.3) is 0 Å². The quantitative estimate of drug-likeness (QED) is 0.826. The molecule has 0 spiro atoms. The summed E-state index contributed by atoms with van der Waals surface area (Å²) in [5.74, 6) is -0.105. The number of amides is 1. The second-order valence-electron chi connectivity index (χ2n) is 5.12. The Hall–Kier alpha value is -1.36. The molecule has 0 fully saturated rings. The number of carbonyl (C=O) groups excluding carboxylic acids is 1. The van der Waals surface area contributed by atoms with Gasteiger partial charge in [-0.2, -0.15) is 5.10 Å². The highest BCUT2D eigenvalue weighted by atomic mass is 16.2. The number of nitrogens with zero attached hydrogens (tertiary/aromatic N) is 2. The van der Waals surface area contributed by atoms with Crippen LogP contribution in [-0.4, -0.2) is 21.2 Å². The van der Waals surface area contributed by atoms with Crippen molar-refractivity contribution in [2.24, 2.45) is 12.8 Å². The first kappa shape index (κ1) is 14.7. The predicted octanol–water partition coefficient (Wildman–Crippen LogP) is 1.17. The highest BCUT2D eigenvalue weighted by molar-refractivity contribution is 5.85. The minimum absolute atomic E-state index is 0.105. The minimum atomic E-state index is -0.793. The van der Waals surface area contributed by atoms with E-state index in [1.54, 1.807) is 6.92 Å². The number of hydrogen-bond acceptors (Lipinski definition) is 3. The molecule has 1 rings (SSSR count). The predicted molar refractivity (Wildman–Crippen MR) is 72.0 cm³/mol. The zero-order valence-electron chi connectivity index (χ0n) is 12.0. The molecule has 5 nitrogen and oxygen atoms in total. The lowest BCUT2D eigenvalue weighted by Crippen LogP contribution is -2.51. The molecule has 0 aliphatic carbocycles. The van der Waals surface area contributed by atoms with Gasteiger partial charge < -0.3 is 11.1 Å². The molecule has 102 valence electrons. The van der Waals surface area contributed by atoms with Crippen LogP contribution < -0.4 is 11.1 Å². The first-order chi connectivity index (χ1) is 8.29. The van der Waals surface area contributed by atoms with Crippen LogP contribution in [0.5, 0.6) is 0 Å². The molecule has 0 radical (unpaired) electrons. The normalized spacial score (nSPS) is 14.3. The summed E-state index contributed by atoms with van der Waals surface area (Å²) in [4.78, 5) is 12.0. The molecule has 1 heterocycles. The van der Waals surface area contributed by atoms with Gasteiger partial charge in [-0.15, -0.1) is 0 Å². The smallest absolute Gasteiger partial charge is 0.240 e. The zero-order chi connectivity index (χ0) is 13.9. The minimum Gasteiger partial charge on any atom is -0.350 e. The Kier molecular flexibility index (Phi) is 4.51. The van der Waals surface area contributed by atoms with E-state index in [9.17, 15) is 4.79 Å². The Morgan fingerprint density at radius 3 is 2.56 bits per heavy atom. The Morgan fingerprint density at radius 1 is 1.50 bits per heavy atom. The average Bonchev–Trinajstić information content (AvgIpc) is 2.50. The van der Waals surface area contributed by atoms with E-state index in [1.165, 1.54) is 0 Å². The number of rotatable bonds is 5. The zero-order valence-corrected chi connectivity index (χ0v) is 12.0. The molecule has 1 amide bonds. The van der Waals surface area contributed by atoms with Crippen molar-refractivity contribution < 1.29 is 4.79 Å². The van der Waals surface area contributed by atoms with Gasteiger partial charge in [-0.05, 0) is 27.2 Å². The van der Waals surface area contributed by atoms with Crippen molar-refractivity contribution in [2.45, 2.75) is 52.6 Å². The molecule has 0 aliphatic heterocycles. The number of aromatic nitrogens is 2. The molecule has 0 aliphatic rings. The molecular formula is C13H24N4O. The molecular weight excluding hydrogens is 228 g/mol. The average molecular weight is 252 g/mol. The van der Waals surface area contributed by atoms with Crippen LogP contribution in [0.2, 0.25) is 0 Å². The van der Waals surface area contributed by atoms with Crippen LogP contribution >= 0.6 is 0 Å². The van der Waals surface area contributed by atoms with Gasteiger partial charge in [0.15, 0.2) is 0 Å². The fraction of sp³-hybridized carbons (Fsp3) is 0.692. The molecule has 1 aromatic rings. The van der Waals surface area contributed by atoms with E-state index in [0.29, 0.717) is 13.0 Å². The molecule has 0 saturated carbocycles. The summed E-state index contributed by atoms with van der Waals surface area (Å²) in [7, 11) is 1.90. The number of carbonyl (C=O) groups is 1. The highest BCUT2D eigenvalue weighted by Gasteiger charge is 2.27. The first-order valence-corrected chi connectivity index (χ1v) is 6.35. The summed E-state index contributed by atoms with van der Waals surface area (Å²) in [5.41, 5.74) is 8.28. The van der Waals surface area contributed by atoms with Gasteiger partial charge >= 0.3 is 0 Å². The fourth-order valence-corrected chi connectivity index (χ4v) is 2.08. The summed E-state index contributed by atoms with van der Waals surface area (Å²) in [6.07, 6.45) is 1.58. The van der Waals surface area contributed by atoms with E-state index >= 15 is 0 Å². The Balaban J connectivity index is 2.68. The number of nitrogens with one attached hydrogen (secondary N) is 1. The first-order valence-electron chi connectivity index (χ1n) is 6.35. The third-order valence-corrected chi connectivity index (χ3v) is 3.37. The lowest BCUT2D eigenvalue weighted by molar-refractivity contribution is -0.126. The fourth-order valence-electron chi connectivity index (χ4n) is 2.08. The molecule has 3 N–H and O–H groups in total.